The lowest BCUT2D eigenvalue weighted by Gasteiger charge is -2.56. The summed E-state index contributed by atoms with van der Waals surface area (Å²) < 4.78 is 0. The summed E-state index contributed by atoms with van der Waals surface area (Å²) in [6.45, 7) is 2.65. The number of hydrogen-bond acceptors (Lipinski definition) is 2. The Kier molecular flexibility index (Phi) is 4.17. The van der Waals surface area contributed by atoms with Crippen LogP contribution in [0.15, 0.2) is 0 Å². The molecule has 4 nitrogen and oxygen atoms in total. The van der Waals surface area contributed by atoms with Gasteiger partial charge in [0.05, 0.1) is 0 Å². The minimum Gasteiger partial charge on any atom is -0.354 e. The van der Waals surface area contributed by atoms with E-state index >= 15 is 0 Å². The summed E-state index contributed by atoms with van der Waals surface area (Å²) in [5.41, 5.74) is -0.175. The second kappa shape index (κ2) is 6.47. The Morgan fingerprint density at radius 1 is 0.690 bits per heavy atom. The largest absolute Gasteiger partial charge is 0.354 e. The molecule has 1 atom stereocenters. The molecule has 160 valence electrons. The van der Waals surface area contributed by atoms with E-state index in [1.807, 2.05) is 0 Å². The predicted molar refractivity (Wildman–Crippen MR) is 112 cm³/mol. The van der Waals surface area contributed by atoms with E-state index in [1.54, 1.807) is 0 Å². The van der Waals surface area contributed by atoms with Crippen molar-refractivity contribution in [2.24, 2.45) is 46.3 Å². The van der Waals surface area contributed by atoms with Gasteiger partial charge >= 0.3 is 0 Å². The zero-order chi connectivity index (χ0) is 19.8. The first-order valence-corrected chi connectivity index (χ1v) is 12.5. The van der Waals surface area contributed by atoms with Crippen LogP contribution in [0.3, 0.4) is 0 Å². The van der Waals surface area contributed by atoms with Crippen molar-refractivity contribution >= 4 is 11.8 Å². The summed E-state index contributed by atoms with van der Waals surface area (Å²) in [7, 11) is 0. The van der Waals surface area contributed by atoms with E-state index in [9.17, 15) is 9.59 Å². The van der Waals surface area contributed by atoms with Crippen LogP contribution < -0.4 is 10.6 Å². The van der Waals surface area contributed by atoms with Crippen LogP contribution in [0.5, 0.6) is 0 Å². The Bertz CT molecular complexity index is 643. The van der Waals surface area contributed by atoms with E-state index in [-0.39, 0.29) is 28.7 Å². The first-order valence-electron chi connectivity index (χ1n) is 12.5. The van der Waals surface area contributed by atoms with Gasteiger partial charge in [-0.3, -0.25) is 9.59 Å². The molecule has 4 heteroatoms. The van der Waals surface area contributed by atoms with Crippen LogP contribution in [-0.4, -0.2) is 24.4 Å². The van der Waals surface area contributed by atoms with Crippen molar-refractivity contribution < 1.29 is 9.59 Å². The van der Waals surface area contributed by atoms with Gasteiger partial charge in [-0.2, -0.15) is 0 Å². The first kappa shape index (κ1) is 18.7. The van der Waals surface area contributed by atoms with Crippen molar-refractivity contribution in [3.63, 3.8) is 0 Å². The summed E-state index contributed by atoms with van der Waals surface area (Å²) in [5, 5.41) is 6.58. The zero-order valence-electron chi connectivity index (χ0n) is 18.1. The first-order chi connectivity index (χ1) is 13.9. The van der Waals surface area contributed by atoms with E-state index in [0.717, 1.165) is 74.0 Å². The Balaban J connectivity index is 1.05. The predicted octanol–water partition coefficient (Wildman–Crippen LogP) is 4.04. The molecule has 2 amide bonds. The van der Waals surface area contributed by atoms with Crippen LogP contribution in [0.25, 0.3) is 0 Å². The molecule has 0 aromatic heterocycles. The highest BCUT2D eigenvalue weighted by Gasteiger charge is 2.56. The molecule has 0 aliphatic heterocycles. The van der Waals surface area contributed by atoms with E-state index in [2.05, 4.69) is 17.6 Å². The number of nitrogens with one attached hydrogen (secondary N) is 2. The van der Waals surface area contributed by atoms with E-state index < -0.39 is 0 Å². The molecule has 0 radical (unpaired) electrons. The van der Waals surface area contributed by atoms with Gasteiger partial charge in [0.2, 0.25) is 11.8 Å². The molecule has 0 saturated heterocycles. The summed E-state index contributed by atoms with van der Waals surface area (Å²) in [5.74, 6) is 5.32. The normalized spacial score (nSPS) is 49.8. The van der Waals surface area contributed by atoms with Gasteiger partial charge < -0.3 is 10.6 Å². The highest BCUT2D eigenvalue weighted by molar-refractivity contribution is 5.84. The molecular weight excluding hydrogens is 360 g/mol. The van der Waals surface area contributed by atoms with Crippen LogP contribution in [0.2, 0.25) is 0 Å². The maximum atomic E-state index is 13.2. The molecule has 0 heterocycles. The van der Waals surface area contributed by atoms with E-state index in [4.69, 9.17) is 0 Å². The fourth-order valence-electron chi connectivity index (χ4n) is 9.64. The Hall–Kier alpha value is -1.06. The lowest BCUT2D eigenvalue weighted by atomic mass is 9.49. The fraction of sp³-hybridized carbons (Fsp3) is 0.920. The second-order valence-corrected chi connectivity index (χ2v) is 12.5. The third kappa shape index (κ3) is 3.07. The minimum atomic E-state index is -0.0903. The molecule has 8 aliphatic carbocycles. The van der Waals surface area contributed by atoms with Crippen LogP contribution in [0.1, 0.15) is 84.0 Å². The molecule has 8 aliphatic rings. The van der Waals surface area contributed by atoms with Gasteiger partial charge in [-0.1, -0.05) is 0 Å². The van der Waals surface area contributed by atoms with Crippen LogP contribution in [-0.2, 0) is 9.59 Å². The molecule has 8 rings (SSSR count). The maximum Gasteiger partial charge on any atom is 0.226 e. The van der Waals surface area contributed by atoms with E-state index in [0.29, 0.717) is 6.54 Å². The second-order valence-electron chi connectivity index (χ2n) is 12.5. The summed E-state index contributed by atoms with van der Waals surface area (Å²) in [6, 6.07) is 0.0216. The topological polar surface area (TPSA) is 58.2 Å². The molecule has 29 heavy (non-hydrogen) atoms. The summed E-state index contributed by atoms with van der Waals surface area (Å²) in [6.07, 6.45) is 14.8. The lowest BCUT2D eigenvalue weighted by molar-refractivity contribution is -0.148. The quantitative estimate of drug-likeness (QED) is 0.734. The molecular formula is C25H38N2O2. The summed E-state index contributed by atoms with van der Waals surface area (Å²) in [4.78, 5) is 26.4. The maximum absolute atomic E-state index is 13.2. The zero-order valence-corrected chi connectivity index (χ0v) is 18.1. The number of carbonyl (C=O) groups excluding carboxylic acids is 2. The lowest BCUT2D eigenvalue weighted by Crippen LogP contribution is -2.57. The Morgan fingerprint density at radius 3 is 1.41 bits per heavy atom. The minimum absolute atomic E-state index is 0.0216. The highest BCUT2D eigenvalue weighted by atomic mass is 16.2. The van der Waals surface area contributed by atoms with Gasteiger partial charge in [0.15, 0.2) is 0 Å². The number of rotatable bonds is 5. The van der Waals surface area contributed by atoms with Crippen molar-refractivity contribution in [1.29, 1.82) is 0 Å². The van der Waals surface area contributed by atoms with Crippen LogP contribution >= 0.6 is 0 Å². The van der Waals surface area contributed by atoms with E-state index in [1.165, 1.54) is 38.5 Å². The molecule has 0 aromatic carbocycles. The molecule has 2 N–H and O–H groups in total. The highest BCUT2D eigenvalue weighted by Crippen LogP contribution is 2.61. The molecule has 0 aromatic rings. The monoisotopic (exact) mass is 398 g/mol. The van der Waals surface area contributed by atoms with Crippen molar-refractivity contribution in [1.82, 2.24) is 10.6 Å². The molecule has 1 unspecified atom stereocenters. The van der Waals surface area contributed by atoms with Gasteiger partial charge in [-0.25, -0.2) is 0 Å². The SMILES string of the molecule is CC(CNC(=O)C12CC3CC(CC(C3)C1)C2)NC(=O)C12CC3CC(CC(C3)C1)C2. The van der Waals surface area contributed by atoms with Crippen LogP contribution in [0, 0.1) is 46.3 Å². The van der Waals surface area contributed by atoms with Gasteiger partial charge in [-0.05, 0) is 119 Å². The Morgan fingerprint density at radius 2 is 1.03 bits per heavy atom. The van der Waals surface area contributed by atoms with Gasteiger partial charge in [-0.15, -0.1) is 0 Å². The summed E-state index contributed by atoms with van der Waals surface area (Å²) >= 11 is 0. The van der Waals surface area contributed by atoms with Gasteiger partial charge in [0.1, 0.15) is 0 Å². The third-order valence-corrected chi connectivity index (χ3v) is 9.99. The van der Waals surface area contributed by atoms with Gasteiger partial charge in [0, 0.05) is 23.4 Å². The van der Waals surface area contributed by atoms with Crippen molar-refractivity contribution in [2.45, 2.75) is 90.0 Å². The smallest absolute Gasteiger partial charge is 0.226 e. The third-order valence-electron chi connectivity index (χ3n) is 9.99. The van der Waals surface area contributed by atoms with Crippen LogP contribution in [0.4, 0.5) is 0 Å². The molecule has 8 bridgehead atoms. The number of amides is 2. The number of carbonyl (C=O) groups is 2. The average Bonchev–Trinajstić information content (AvgIpc) is 2.64. The van der Waals surface area contributed by atoms with Crippen molar-refractivity contribution in [3.8, 4) is 0 Å². The van der Waals surface area contributed by atoms with Gasteiger partial charge in [0.25, 0.3) is 0 Å². The molecule has 0 spiro atoms. The standard InChI is InChI=1S/C25H38N2O2/c1-15(27-23(29)25-11-19-5-20(12-25)7-21(6-19)13-25)14-26-22(28)24-8-16-2-17(9-24)4-18(3-16)10-24/h15-21H,2-14H2,1H3,(H,26,28)(H,27,29). The Labute approximate surface area is 175 Å². The molecule has 8 saturated carbocycles. The van der Waals surface area contributed by atoms with Crippen molar-refractivity contribution in [2.75, 3.05) is 6.54 Å². The number of hydrogen-bond donors (Lipinski definition) is 2. The average molecular weight is 399 g/mol. The molecule has 8 fully saturated rings. The van der Waals surface area contributed by atoms with Crippen molar-refractivity contribution in [3.05, 3.63) is 0 Å². The fourth-order valence-corrected chi connectivity index (χ4v) is 9.64.